The third kappa shape index (κ3) is 2.86. The maximum Gasteiger partial charge on any atom is 0.243 e. The molecule has 0 bridgehead atoms. The SMILES string of the molecule is CN(Cc1ncn[nH]1)S(=O)(=O)c1ccnc(NN)c1. The minimum atomic E-state index is -3.64. The Balaban J connectivity index is 2.25. The van der Waals surface area contributed by atoms with Crippen LogP contribution in [0.4, 0.5) is 5.82 Å². The second kappa shape index (κ2) is 5.30. The van der Waals surface area contributed by atoms with Crippen LogP contribution < -0.4 is 11.3 Å². The minimum absolute atomic E-state index is 0.0933. The predicted octanol–water partition coefficient (Wildman–Crippen LogP) is -0.694. The van der Waals surface area contributed by atoms with E-state index in [1.807, 2.05) is 0 Å². The van der Waals surface area contributed by atoms with Gasteiger partial charge >= 0.3 is 0 Å². The molecule has 2 rings (SSSR count). The molecule has 0 aromatic carbocycles. The zero-order valence-electron chi connectivity index (χ0n) is 10.1. The highest BCUT2D eigenvalue weighted by Crippen LogP contribution is 2.17. The second-order valence-electron chi connectivity index (χ2n) is 3.71. The van der Waals surface area contributed by atoms with E-state index >= 15 is 0 Å². The van der Waals surface area contributed by atoms with Crippen LogP contribution in [0.3, 0.4) is 0 Å². The van der Waals surface area contributed by atoms with Crippen molar-refractivity contribution in [2.75, 3.05) is 12.5 Å². The van der Waals surface area contributed by atoms with Crippen LogP contribution >= 0.6 is 0 Å². The fraction of sp³-hybridized carbons (Fsp3) is 0.222. The summed E-state index contributed by atoms with van der Waals surface area (Å²) >= 11 is 0. The summed E-state index contributed by atoms with van der Waals surface area (Å²) in [5.74, 6) is 5.93. The van der Waals surface area contributed by atoms with Crippen LogP contribution in [0.5, 0.6) is 0 Å². The zero-order chi connectivity index (χ0) is 13.9. The van der Waals surface area contributed by atoms with E-state index in [4.69, 9.17) is 5.84 Å². The number of aromatic nitrogens is 4. The van der Waals surface area contributed by atoms with Crippen molar-refractivity contribution >= 4 is 15.8 Å². The highest BCUT2D eigenvalue weighted by atomic mass is 32.2. The quantitative estimate of drug-likeness (QED) is 0.489. The molecule has 4 N–H and O–H groups in total. The van der Waals surface area contributed by atoms with Crippen LogP contribution in [0.1, 0.15) is 5.82 Å². The van der Waals surface area contributed by atoms with Gasteiger partial charge in [-0.15, -0.1) is 0 Å². The fourth-order valence-electron chi connectivity index (χ4n) is 1.43. The molecular formula is C9H13N7O2S. The molecule has 102 valence electrons. The maximum atomic E-state index is 12.3. The molecule has 2 heterocycles. The van der Waals surface area contributed by atoms with E-state index in [1.54, 1.807) is 0 Å². The molecule has 0 radical (unpaired) electrons. The number of nitrogens with zero attached hydrogens (tertiary/aromatic N) is 4. The summed E-state index contributed by atoms with van der Waals surface area (Å²) in [6.45, 7) is 0.0933. The van der Waals surface area contributed by atoms with E-state index < -0.39 is 10.0 Å². The zero-order valence-corrected chi connectivity index (χ0v) is 10.9. The summed E-state index contributed by atoms with van der Waals surface area (Å²) < 4.78 is 25.7. The van der Waals surface area contributed by atoms with Crippen molar-refractivity contribution < 1.29 is 8.42 Å². The van der Waals surface area contributed by atoms with Gasteiger partial charge in [-0.2, -0.15) is 9.40 Å². The fourth-order valence-corrected chi connectivity index (χ4v) is 2.58. The first-order valence-electron chi connectivity index (χ1n) is 5.27. The Labute approximate surface area is 109 Å². The van der Waals surface area contributed by atoms with Crippen LogP contribution in [0.2, 0.25) is 0 Å². The van der Waals surface area contributed by atoms with Gasteiger partial charge in [-0.3, -0.25) is 5.10 Å². The van der Waals surface area contributed by atoms with Crippen LogP contribution in [0.15, 0.2) is 29.6 Å². The lowest BCUT2D eigenvalue weighted by molar-refractivity contribution is 0.457. The molecule has 0 aliphatic carbocycles. The lowest BCUT2D eigenvalue weighted by Gasteiger charge is -2.16. The van der Waals surface area contributed by atoms with Crippen molar-refractivity contribution in [3.05, 3.63) is 30.5 Å². The number of rotatable bonds is 5. The number of hydrogen-bond donors (Lipinski definition) is 3. The Morgan fingerprint density at radius 1 is 1.47 bits per heavy atom. The topological polar surface area (TPSA) is 130 Å². The molecule has 0 spiro atoms. The number of nitrogen functional groups attached to an aromatic ring is 1. The van der Waals surface area contributed by atoms with Crippen molar-refractivity contribution in [2.45, 2.75) is 11.4 Å². The van der Waals surface area contributed by atoms with Gasteiger partial charge in [0.15, 0.2) is 0 Å². The van der Waals surface area contributed by atoms with E-state index in [-0.39, 0.29) is 17.3 Å². The number of hydrazine groups is 1. The maximum absolute atomic E-state index is 12.3. The summed E-state index contributed by atoms with van der Waals surface area (Å²) in [7, 11) is -2.19. The van der Waals surface area contributed by atoms with E-state index in [9.17, 15) is 8.42 Å². The molecule has 10 heteroatoms. The summed E-state index contributed by atoms with van der Waals surface area (Å²) in [5.41, 5.74) is 2.30. The van der Waals surface area contributed by atoms with Crippen molar-refractivity contribution in [1.29, 1.82) is 0 Å². The van der Waals surface area contributed by atoms with Crippen LogP contribution in [0, 0.1) is 0 Å². The van der Waals surface area contributed by atoms with Crippen LogP contribution in [0.25, 0.3) is 0 Å². The monoisotopic (exact) mass is 283 g/mol. The third-order valence-corrected chi connectivity index (χ3v) is 4.22. The smallest absolute Gasteiger partial charge is 0.243 e. The largest absolute Gasteiger partial charge is 0.308 e. The second-order valence-corrected chi connectivity index (χ2v) is 5.76. The number of nitrogens with two attached hydrogens (primary N) is 1. The van der Waals surface area contributed by atoms with Crippen molar-refractivity contribution in [3.63, 3.8) is 0 Å². The number of hydrogen-bond acceptors (Lipinski definition) is 7. The molecule has 0 amide bonds. The van der Waals surface area contributed by atoms with Crippen molar-refractivity contribution in [2.24, 2.45) is 5.84 Å². The summed E-state index contributed by atoms with van der Waals surface area (Å²) in [5, 5.41) is 6.27. The number of sulfonamides is 1. The first-order chi connectivity index (χ1) is 9.04. The van der Waals surface area contributed by atoms with Gasteiger partial charge in [-0.1, -0.05) is 0 Å². The summed E-state index contributed by atoms with van der Waals surface area (Å²) in [6, 6.07) is 2.75. The van der Waals surface area contributed by atoms with Gasteiger partial charge in [-0.05, 0) is 6.07 Å². The number of pyridine rings is 1. The highest BCUT2D eigenvalue weighted by Gasteiger charge is 2.22. The number of H-pyrrole nitrogens is 1. The van der Waals surface area contributed by atoms with Gasteiger partial charge in [0, 0.05) is 19.3 Å². The van der Waals surface area contributed by atoms with Crippen molar-refractivity contribution in [3.8, 4) is 0 Å². The lowest BCUT2D eigenvalue weighted by Crippen LogP contribution is -2.27. The molecule has 0 unspecified atom stereocenters. The average molecular weight is 283 g/mol. The molecule has 0 fully saturated rings. The van der Waals surface area contributed by atoms with Gasteiger partial charge in [-0.25, -0.2) is 24.2 Å². The van der Waals surface area contributed by atoms with Crippen LogP contribution in [-0.2, 0) is 16.6 Å². The Morgan fingerprint density at radius 3 is 2.89 bits per heavy atom. The average Bonchev–Trinajstić information content (AvgIpc) is 2.91. The molecule has 0 saturated heterocycles. The molecule has 0 aliphatic heterocycles. The lowest BCUT2D eigenvalue weighted by atomic mass is 10.5. The highest BCUT2D eigenvalue weighted by molar-refractivity contribution is 7.89. The van der Waals surface area contributed by atoms with Crippen LogP contribution in [-0.4, -0.2) is 39.9 Å². The van der Waals surface area contributed by atoms with Gasteiger partial charge < -0.3 is 5.43 Å². The Kier molecular flexibility index (Phi) is 3.74. The Hall–Kier alpha value is -2.04. The van der Waals surface area contributed by atoms with Gasteiger partial charge in [0.05, 0.1) is 11.4 Å². The van der Waals surface area contributed by atoms with Gasteiger partial charge in [0.1, 0.15) is 18.0 Å². The minimum Gasteiger partial charge on any atom is -0.308 e. The molecule has 0 atom stereocenters. The first-order valence-corrected chi connectivity index (χ1v) is 6.71. The van der Waals surface area contributed by atoms with Gasteiger partial charge in [0.2, 0.25) is 10.0 Å². The predicted molar refractivity (Wildman–Crippen MR) is 67.1 cm³/mol. The molecule has 2 aromatic heterocycles. The van der Waals surface area contributed by atoms with E-state index in [2.05, 4.69) is 25.6 Å². The Morgan fingerprint density at radius 2 is 2.26 bits per heavy atom. The molecule has 2 aromatic rings. The van der Waals surface area contributed by atoms with Gasteiger partial charge in [0.25, 0.3) is 0 Å². The molecule has 0 saturated carbocycles. The van der Waals surface area contributed by atoms with Crippen molar-refractivity contribution in [1.82, 2.24) is 24.5 Å². The Bertz CT molecular complexity index is 640. The van der Waals surface area contributed by atoms with E-state index in [0.717, 1.165) is 4.31 Å². The third-order valence-electron chi connectivity index (χ3n) is 2.42. The number of nitrogens with one attached hydrogen (secondary N) is 2. The summed E-state index contributed by atoms with van der Waals surface area (Å²) in [4.78, 5) is 7.83. The molecular weight excluding hydrogens is 270 g/mol. The molecule has 19 heavy (non-hydrogen) atoms. The number of aromatic amines is 1. The molecule has 0 aliphatic rings. The first kappa shape index (κ1) is 13.4. The number of anilines is 1. The summed E-state index contributed by atoms with van der Waals surface area (Å²) in [6.07, 6.45) is 2.68. The normalized spacial score (nSPS) is 11.7. The van der Waals surface area contributed by atoms with E-state index in [1.165, 1.54) is 31.7 Å². The molecule has 9 nitrogen and oxygen atoms in total. The van der Waals surface area contributed by atoms with E-state index in [0.29, 0.717) is 5.82 Å². The standard InChI is InChI=1S/C9H13N7O2S/c1-16(5-9-12-6-13-15-9)19(17,18)7-2-3-11-8(4-7)14-10/h2-4,6H,5,10H2,1H3,(H,11,14)(H,12,13,15).